The van der Waals surface area contributed by atoms with Crippen LogP contribution in [0.2, 0.25) is 0 Å². The predicted octanol–water partition coefficient (Wildman–Crippen LogP) is 5.05. The van der Waals surface area contributed by atoms with Crippen molar-refractivity contribution in [1.29, 1.82) is 0 Å². The Hall–Kier alpha value is -3.11. The number of benzene rings is 1. The van der Waals surface area contributed by atoms with Crippen LogP contribution in [0.3, 0.4) is 0 Å². The molecule has 10 heteroatoms. The minimum atomic E-state index is -4.73. The van der Waals surface area contributed by atoms with Crippen LogP contribution in [0.25, 0.3) is 10.4 Å². The summed E-state index contributed by atoms with van der Waals surface area (Å²) in [4.78, 5) is 25.6. The molecular formula is C25H25F3N4O2S. The molecule has 35 heavy (non-hydrogen) atoms. The van der Waals surface area contributed by atoms with Crippen molar-refractivity contribution >= 4 is 28.7 Å². The zero-order chi connectivity index (χ0) is 24.7. The van der Waals surface area contributed by atoms with Crippen molar-refractivity contribution in [2.75, 3.05) is 43.5 Å². The number of aromatic nitrogens is 1. The molecule has 0 spiro atoms. The normalized spacial score (nSPS) is 18.3. The molecule has 4 heterocycles. The first kappa shape index (κ1) is 23.6. The number of amides is 1. The monoisotopic (exact) mass is 502 g/mol. The Bertz CT molecular complexity index is 1210. The smallest absolute Gasteiger partial charge is 0.406 e. The highest BCUT2D eigenvalue weighted by Gasteiger charge is 2.32. The van der Waals surface area contributed by atoms with E-state index < -0.39 is 6.36 Å². The minimum absolute atomic E-state index is 0.0806. The van der Waals surface area contributed by atoms with Crippen LogP contribution in [0.5, 0.6) is 5.75 Å². The molecule has 2 aliphatic rings. The third-order valence-corrected chi connectivity index (χ3v) is 7.70. The van der Waals surface area contributed by atoms with Crippen molar-refractivity contribution in [3.05, 3.63) is 59.1 Å². The van der Waals surface area contributed by atoms with Crippen molar-refractivity contribution in [3.63, 3.8) is 0 Å². The Kier molecular flexibility index (Phi) is 6.18. The molecule has 184 valence electrons. The summed E-state index contributed by atoms with van der Waals surface area (Å²) in [6.45, 7) is 2.45. The van der Waals surface area contributed by atoms with Crippen LogP contribution in [0.1, 0.15) is 21.7 Å². The lowest BCUT2D eigenvalue weighted by Gasteiger charge is -2.27. The third kappa shape index (κ3) is 4.99. The fraction of sp³-hybridized carbons (Fsp3) is 0.360. The first-order valence-electron chi connectivity index (χ1n) is 11.4. The Morgan fingerprint density at radius 3 is 2.51 bits per heavy atom. The van der Waals surface area contributed by atoms with E-state index in [1.54, 1.807) is 23.2 Å². The molecule has 1 fully saturated rings. The molecule has 1 amide bonds. The minimum Gasteiger partial charge on any atom is -0.406 e. The van der Waals surface area contributed by atoms with Crippen LogP contribution in [0.4, 0.5) is 24.7 Å². The zero-order valence-corrected chi connectivity index (χ0v) is 20.2. The maximum absolute atomic E-state index is 13.3. The summed E-state index contributed by atoms with van der Waals surface area (Å²) in [5.41, 5.74) is 2.46. The molecule has 1 aromatic carbocycles. The lowest BCUT2D eigenvalue weighted by atomic mass is 10.1. The van der Waals surface area contributed by atoms with Gasteiger partial charge in [-0.3, -0.25) is 4.79 Å². The molecule has 5 rings (SSSR count). The van der Waals surface area contributed by atoms with Crippen molar-refractivity contribution in [3.8, 4) is 16.2 Å². The number of alkyl halides is 3. The maximum Gasteiger partial charge on any atom is 0.573 e. The standard InChI is InChI=1S/C25H25F3N4O2S/c1-30(2)19-10-11-31(15-19)22-8-5-18(14-29-22)32-12-9-17-13-21(35-23(17)24(32)33)16-3-6-20(7-4-16)34-25(26,27)28/h3-8,13-14,19H,9-12,15H2,1-2H3. The van der Waals surface area contributed by atoms with Gasteiger partial charge < -0.3 is 19.4 Å². The van der Waals surface area contributed by atoms with E-state index >= 15 is 0 Å². The fourth-order valence-electron chi connectivity index (χ4n) is 4.56. The molecule has 1 saturated heterocycles. The molecule has 2 aromatic heterocycles. The SMILES string of the molecule is CN(C)C1CCN(c2ccc(N3CCc4cc(-c5ccc(OC(F)(F)F)cc5)sc4C3=O)cn2)C1. The number of nitrogens with zero attached hydrogens (tertiary/aromatic N) is 4. The summed E-state index contributed by atoms with van der Waals surface area (Å²) in [5.74, 6) is 0.564. The molecule has 0 radical (unpaired) electrons. The van der Waals surface area contributed by atoms with Crippen LogP contribution in [-0.4, -0.2) is 61.9 Å². The lowest BCUT2D eigenvalue weighted by Crippen LogP contribution is -2.36. The number of rotatable bonds is 5. The second-order valence-electron chi connectivity index (χ2n) is 8.97. The molecule has 1 unspecified atom stereocenters. The van der Waals surface area contributed by atoms with E-state index in [4.69, 9.17) is 0 Å². The van der Waals surface area contributed by atoms with Crippen molar-refractivity contribution < 1.29 is 22.7 Å². The number of fused-ring (bicyclic) bond motifs is 1. The number of halogens is 3. The van der Waals surface area contributed by atoms with E-state index in [0.29, 0.717) is 23.9 Å². The van der Waals surface area contributed by atoms with Crippen LogP contribution in [0, 0.1) is 0 Å². The van der Waals surface area contributed by atoms with Gasteiger partial charge in [-0.25, -0.2) is 4.98 Å². The van der Waals surface area contributed by atoms with E-state index in [1.165, 1.54) is 23.5 Å². The fourth-order valence-corrected chi connectivity index (χ4v) is 5.72. The number of thiophene rings is 1. The van der Waals surface area contributed by atoms with Gasteiger partial charge in [0.1, 0.15) is 11.6 Å². The topological polar surface area (TPSA) is 48.9 Å². The molecule has 6 nitrogen and oxygen atoms in total. The predicted molar refractivity (Wildman–Crippen MR) is 130 cm³/mol. The first-order valence-corrected chi connectivity index (χ1v) is 12.2. The Balaban J connectivity index is 1.30. The van der Waals surface area contributed by atoms with Gasteiger partial charge in [0.25, 0.3) is 5.91 Å². The van der Waals surface area contributed by atoms with Crippen LogP contribution < -0.4 is 14.5 Å². The molecule has 3 aromatic rings. The first-order chi connectivity index (χ1) is 16.7. The van der Waals surface area contributed by atoms with Gasteiger partial charge in [-0.15, -0.1) is 24.5 Å². The summed E-state index contributed by atoms with van der Waals surface area (Å²) in [6, 6.07) is 12.1. The molecule has 0 N–H and O–H groups in total. The Morgan fingerprint density at radius 1 is 1.11 bits per heavy atom. The van der Waals surface area contributed by atoms with Crippen LogP contribution in [0.15, 0.2) is 48.7 Å². The zero-order valence-electron chi connectivity index (χ0n) is 19.4. The molecule has 1 atom stereocenters. The number of ether oxygens (including phenoxy) is 1. The second-order valence-corrected chi connectivity index (χ2v) is 10.0. The summed E-state index contributed by atoms with van der Waals surface area (Å²) in [7, 11) is 4.18. The van der Waals surface area contributed by atoms with Crippen molar-refractivity contribution in [2.24, 2.45) is 0 Å². The van der Waals surface area contributed by atoms with E-state index in [-0.39, 0.29) is 11.7 Å². The van der Waals surface area contributed by atoms with E-state index in [0.717, 1.165) is 47.0 Å². The molecule has 0 aliphatic carbocycles. The Morgan fingerprint density at radius 2 is 1.89 bits per heavy atom. The Labute approximate surface area is 205 Å². The number of anilines is 2. The van der Waals surface area contributed by atoms with Gasteiger partial charge in [-0.1, -0.05) is 0 Å². The maximum atomic E-state index is 13.3. The van der Waals surface area contributed by atoms with Crippen molar-refractivity contribution in [1.82, 2.24) is 9.88 Å². The molecule has 0 bridgehead atoms. The van der Waals surface area contributed by atoms with Gasteiger partial charge in [0.15, 0.2) is 0 Å². The average molecular weight is 503 g/mol. The number of carbonyl (C=O) groups excluding carboxylic acids is 1. The summed E-state index contributed by atoms with van der Waals surface area (Å²) >= 11 is 1.35. The van der Waals surface area contributed by atoms with E-state index in [9.17, 15) is 18.0 Å². The van der Waals surface area contributed by atoms with E-state index in [2.05, 4.69) is 33.6 Å². The number of carbonyl (C=O) groups is 1. The molecule has 0 saturated carbocycles. The van der Waals surface area contributed by atoms with Gasteiger partial charge in [-0.05, 0) is 80.5 Å². The van der Waals surface area contributed by atoms with Crippen LogP contribution >= 0.6 is 11.3 Å². The number of hydrogen-bond donors (Lipinski definition) is 0. The number of pyridine rings is 1. The summed E-state index contributed by atoms with van der Waals surface area (Å²) in [6.07, 6.45) is -1.17. The second kappa shape index (κ2) is 9.16. The summed E-state index contributed by atoms with van der Waals surface area (Å²) in [5, 5.41) is 0. The average Bonchev–Trinajstić information content (AvgIpc) is 3.47. The highest BCUT2D eigenvalue weighted by molar-refractivity contribution is 7.17. The van der Waals surface area contributed by atoms with Crippen LogP contribution in [-0.2, 0) is 6.42 Å². The van der Waals surface area contributed by atoms with Crippen molar-refractivity contribution in [2.45, 2.75) is 25.2 Å². The number of hydrogen-bond acceptors (Lipinski definition) is 6. The molecular weight excluding hydrogens is 477 g/mol. The molecule has 2 aliphatic heterocycles. The highest BCUT2D eigenvalue weighted by atomic mass is 32.1. The van der Waals surface area contributed by atoms with Gasteiger partial charge >= 0.3 is 6.36 Å². The van der Waals surface area contributed by atoms with E-state index in [1.807, 2.05) is 18.2 Å². The van der Waals surface area contributed by atoms with Gasteiger partial charge in [0, 0.05) is 30.6 Å². The van der Waals surface area contributed by atoms with Gasteiger partial charge in [0.2, 0.25) is 0 Å². The largest absolute Gasteiger partial charge is 0.573 e. The van der Waals surface area contributed by atoms with Gasteiger partial charge in [-0.2, -0.15) is 0 Å². The number of likely N-dealkylation sites (N-methyl/N-ethyl adjacent to an activating group) is 1. The third-order valence-electron chi connectivity index (χ3n) is 6.49. The highest BCUT2D eigenvalue weighted by Crippen LogP contribution is 2.37. The quantitative estimate of drug-likeness (QED) is 0.489. The van der Waals surface area contributed by atoms with Gasteiger partial charge in [0.05, 0.1) is 16.8 Å². The summed E-state index contributed by atoms with van der Waals surface area (Å²) < 4.78 is 41.2. The lowest BCUT2D eigenvalue weighted by molar-refractivity contribution is -0.274.